The smallest absolute Gasteiger partial charge is 0.407 e. The van der Waals surface area contributed by atoms with Crippen molar-refractivity contribution in [1.82, 2.24) is 5.32 Å². The van der Waals surface area contributed by atoms with Crippen LogP contribution in [-0.4, -0.2) is 35.7 Å². The SMILES string of the molecule is C[C@H]([C@H](NC(=O)OCC1c2ccccc2-c2ccccc21)C(=O)O)[C@@H](C)C(N)=O. The lowest BCUT2D eigenvalue weighted by Gasteiger charge is -2.25. The van der Waals surface area contributed by atoms with E-state index in [1.807, 2.05) is 48.5 Å². The van der Waals surface area contributed by atoms with Gasteiger partial charge in [0.15, 0.2) is 0 Å². The molecule has 0 spiro atoms. The van der Waals surface area contributed by atoms with Gasteiger partial charge in [0.1, 0.15) is 12.6 Å². The maximum absolute atomic E-state index is 12.3. The Hall–Kier alpha value is -3.35. The first-order chi connectivity index (χ1) is 13.8. The van der Waals surface area contributed by atoms with Gasteiger partial charge in [-0.25, -0.2) is 9.59 Å². The Kier molecular flexibility index (Phi) is 5.87. The third kappa shape index (κ3) is 4.08. The second-order valence-electron chi connectivity index (χ2n) is 7.34. The van der Waals surface area contributed by atoms with E-state index in [9.17, 15) is 19.5 Å². The minimum atomic E-state index is -1.28. The molecule has 3 rings (SSSR count). The first-order valence-corrected chi connectivity index (χ1v) is 9.45. The summed E-state index contributed by atoms with van der Waals surface area (Å²) in [5, 5.41) is 11.8. The summed E-state index contributed by atoms with van der Waals surface area (Å²) in [6, 6.07) is 14.6. The van der Waals surface area contributed by atoms with Gasteiger partial charge in [-0.05, 0) is 28.2 Å². The van der Waals surface area contributed by atoms with Crippen LogP contribution in [0.1, 0.15) is 30.9 Å². The van der Waals surface area contributed by atoms with Gasteiger partial charge < -0.3 is 20.9 Å². The summed E-state index contributed by atoms with van der Waals surface area (Å²) in [6.07, 6.45) is -0.845. The second kappa shape index (κ2) is 8.34. The van der Waals surface area contributed by atoms with Gasteiger partial charge in [-0.15, -0.1) is 0 Å². The van der Waals surface area contributed by atoms with Crippen molar-refractivity contribution in [2.45, 2.75) is 25.8 Å². The standard InChI is InChI=1S/C22H24N2O5/c1-12(13(2)20(23)25)19(21(26)27)24-22(28)29-11-18-16-9-5-3-7-14(16)15-8-4-6-10-17(15)18/h3-10,12-13,18-19H,11H2,1-2H3,(H2,23,25)(H,24,28)(H,26,27)/t12-,13+,19-/m0/s1. The lowest BCUT2D eigenvalue weighted by molar-refractivity contribution is -0.141. The Morgan fingerprint density at radius 1 is 1.03 bits per heavy atom. The van der Waals surface area contributed by atoms with E-state index in [4.69, 9.17) is 10.5 Å². The number of rotatable bonds is 7. The molecule has 0 aliphatic heterocycles. The van der Waals surface area contributed by atoms with E-state index >= 15 is 0 Å². The predicted octanol–water partition coefficient (Wildman–Crippen LogP) is 2.74. The van der Waals surface area contributed by atoms with E-state index in [0.717, 1.165) is 22.3 Å². The fourth-order valence-electron chi connectivity index (χ4n) is 3.73. The number of fused-ring (bicyclic) bond motifs is 3. The Morgan fingerprint density at radius 3 is 2.03 bits per heavy atom. The number of hydrogen-bond acceptors (Lipinski definition) is 4. The van der Waals surface area contributed by atoms with Crippen molar-refractivity contribution in [2.24, 2.45) is 17.6 Å². The molecule has 0 unspecified atom stereocenters. The summed E-state index contributed by atoms with van der Waals surface area (Å²) in [5.41, 5.74) is 9.59. The first-order valence-electron chi connectivity index (χ1n) is 9.45. The second-order valence-corrected chi connectivity index (χ2v) is 7.34. The zero-order valence-electron chi connectivity index (χ0n) is 16.3. The third-order valence-electron chi connectivity index (χ3n) is 5.65. The van der Waals surface area contributed by atoms with Crippen molar-refractivity contribution in [3.05, 3.63) is 59.7 Å². The molecule has 2 aromatic rings. The van der Waals surface area contributed by atoms with Crippen molar-refractivity contribution in [3.8, 4) is 11.1 Å². The third-order valence-corrected chi connectivity index (χ3v) is 5.65. The van der Waals surface area contributed by atoms with E-state index in [1.165, 1.54) is 6.92 Å². The zero-order valence-corrected chi connectivity index (χ0v) is 16.3. The molecule has 0 fully saturated rings. The minimum absolute atomic E-state index is 0.0754. The van der Waals surface area contributed by atoms with Gasteiger partial charge in [-0.3, -0.25) is 4.79 Å². The molecule has 7 nitrogen and oxygen atoms in total. The molecule has 0 saturated heterocycles. The molecule has 1 aliphatic carbocycles. The molecule has 0 bridgehead atoms. The van der Waals surface area contributed by atoms with Crippen LogP contribution in [0.5, 0.6) is 0 Å². The number of aliphatic carboxylic acids is 1. The predicted molar refractivity (Wildman–Crippen MR) is 107 cm³/mol. The molecule has 2 amide bonds. The summed E-state index contributed by atoms with van der Waals surface area (Å²) in [5.74, 6) is -3.41. The van der Waals surface area contributed by atoms with Crippen molar-refractivity contribution in [3.63, 3.8) is 0 Å². The molecule has 2 aromatic carbocycles. The topological polar surface area (TPSA) is 119 Å². The molecular formula is C22H24N2O5. The number of hydrogen-bond donors (Lipinski definition) is 3. The number of amides is 2. The Labute approximate surface area is 168 Å². The number of carboxylic acids is 1. The maximum atomic E-state index is 12.3. The Bertz CT molecular complexity index is 897. The maximum Gasteiger partial charge on any atom is 0.407 e. The van der Waals surface area contributed by atoms with E-state index < -0.39 is 35.8 Å². The monoisotopic (exact) mass is 396 g/mol. The number of alkyl carbamates (subject to hydrolysis) is 1. The number of nitrogens with one attached hydrogen (secondary N) is 1. The van der Waals surface area contributed by atoms with Crippen molar-refractivity contribution < 1.29 is 24.2 Å². The average molecular weight is 396 g/mol. The van der Waals surface area contributed by atoms with Gasteiger partial charge in [0.2, 0.25) is 5.91 Å². The molecule has 1 aliphatic rings. The molecule has 0 heterocycles. The van der Waals surface area contributed by atoms with Crippen LogP contribution in [0.25, 0.3) is 11.1 Å². The number of nitrogens with two attached hydrogens (primary N) is 1. The van der Waals surface area contributed by atoms with Crippen LogP contribution in [0.3, 0.4) is 0 Å². The summed E-state index contributed by atoms with van der Waals surface area (Å²) in [7, 11) is 0. The number of benzene rings is 2. The van der Waals surface area contributed by atoms with Crippen LogP contribution in [0.4, 0.5) is 4.79 Å². The molecule has 4 N–H and O–H groups in total. The summed E-state index contributed by atoms with van der Waals surface area (Å²) in [4.78, 5) is 35.3. The highest BCUT2D eigenvalue weighted by molar-refractivity contribution is 5.83. The van der Waals surface area contributed by atoms with Gasteiger partial charge in [0.25, 0.3) is 0 Å². The molecule has 152 valence electrons. The Morgan fingerprint density at radius 2 is 1.55 bits per heavy atom. The van der Waals surface area contributed by atoms with Crippen LogP contribution >= 0.6 is 0 Å². The quantitative estimate of drug-likeness (QED) is 0.665. The Balaban J connectivity index is 1.70. The van der Waals surface area contributed by atoms with E-state index in [0.29, 0.717) is 0 Å². The van der Waals surface area contributed by atoms with Gasteiger partial charge >= 0.3 is 12.1 Å². The summed E-state index contributed by atoms with van der Waals surface area (Å²) < 4.78 is 5.38. The van der Waals surface area contributed by atoms with Crippen molar-refractivity contribution in [2.75, 3.05) is 6.61 Å². The fourth-order valence-corrected chi connectivity index (χ4v) is 3.73. The molecule has 0 radical (unpaired) electrons. The summed E-state index contributed by atoms with van der Waals surface area (Å²) in [6.45, 7) is 3.16. The van der Waals surface area contributed by atoms with Crippen LogP contribution in [0, 0.1) is 11.8 Å². The molecular weight excluding hydrogens is 372 g/mol. The average Bonchev–Trinajstić information content (AvgIpc) is 3.03. The van der Waals surface area contributed by atoms with E-state index in [1.54, 1.807) is 6.92 Å². The van der Waals surface area contributed by atoms with Crippen LogP contribution in [-0.2, 0) is 14.3 Å². The van der Waals surface area contributed by atoms with Gasteiger partial charge in [-0.2, -0.15) is 0 Å². The number of carboxylic acid groups (broad SMARTS) is 1. The fraction of sp³-hybridized carbons (Fsp3) is 0.318. The highest BCUT2D eigenvalue weighted by Crippen LogP contribution is 2.44. The molecule has 7 heteroatoms. The lowest BCUT2D eigenvalue weighted by atomic mass is 9.88. The number of carbonyl (C=O) groups is 3. The molecule has 0 saturated carbocycles. The van der Waals surface area contributed by atoms with Crippen molar-refractivity contribution >= 4 is 18.0 Å². The highest BCUT2D eigenvalue weighted by Gasteiger charge is 2.34. The molecule has 3 atom stereocenters. The summed E-state index contributed by atoms with van der Waals surface area (Å²) >= 11 is 0. The van der Waals surface area contributed by atoms with E-state index in [2.05, 4.69) is 5.32 Å². The normalized spacial score (nSPS) is 15.5. The number of ether oxygens (including phenoxy) is 1. The highest BCUT2D eigenvalue weighted by atomic mass is 16.5. The number of primary amides is 1. The molecule has 0 aromatic heterocycles. The zero-order chi connectivity index (χ0) is 21.1. The van der Waals surface area contributed by atoms with Gasteiger partial charge in [-0.1, -0.05) is 62.4 Å². The number of carbonyl (C=O) groups excluding carboxylic acids is 2. The van der Waals surface area contributed by atoms with Gasteiger partial charge in [0, 0.05) is 11.8 Å². The van der Waals surface area contributed by atoms with Crippen LogP contribution < -0.4 is 11.1 Å². The van der Waals surface area contributed by atoms with Crippen LogP contribution in [0.2, 0.25) is 0 Å². The minimum Gasteiger partial charge on any atom is -0.480 e. The molecule has 29 heavy (non-hydrogen) atoms. The lowest BCUT2D eigenvalue weighted by Crippen LogP contribution is -2.49. The van der Waals surface area contributed by atoms with Crippen molar-refractivity contribution in [1.29, 1.82) is 0 Å². The van der Waals surface area contributed by atoms with E-state index in [-0.39, 0.29) is 12.5 Å². The largest absolute Gasteiger partial charge is 0.480 e. The van der Waals surface area contributed by atoms with Gasteiger partial charge in [0.05, 0.1) is 0 Å². The first kappa shape index (κ1) is 20.4. The van der Waals surface area contributed by atoms with Crippen LogP contribution in [0.15, 0.2) is 48.5 Å².